The Morgan fingerprint density at radius 3 is 2.54 bits per heavy atom. The van der Waals surface area contributed by atoms with Gasteiger partial charge in [0.25, 0.3) is 10.2 Å². The number of esters is 1. The number of nitrogens with one attached hydrogen (secondary N) is 2. The van der Waals surface area contributed by atoms with E-state index in [0.29, 0.717) is 17.9 Å². The Bertz CT molecular complexity index is 1150. The van der Waals surface area contributed by atoms with Gasteiger partial charge in [-0.25, -0.2) is 19.5 Å². The molecule has 0 aromatic carbocycles. The second-order valence-corrected chi connectivity index (χ2v) is 12.8. The first kappa shape index (κ1) is 30.1. The van der Waals surface area contributed by atoms with Crippen molar-refractivity contribution < 1.29 is 57.8 Å². The quantitative estimate of drug-likeness (QED) is 0.0926. The van der Waals surface area contributed by atoms with E-state index in [0.717, 1.165) is 0 Å². The molecule has 5 unspecified atom stereocenters. The van der Waals surface area contributed by atoms with E-state index in [4.69, 9.17) is 14.6 Å². The van der Waals surface area contributed by atoms with Gasteiger partial charge >= 0.3 is 11.9 Å². The molecule has 9 N–H and O–H groups in total. The SMILES string of the molecule is C[C@@H](O)[C@H]1C(=O)N2C(C(=O)OC3OC(C(=O)O)C(O)C(O)C3O)=C(S[C@@H]3CN[C@H](CNS(N)(=O)=O)C3)[C@H](C)[C@H]12. The van der Waals surface area contributed by atoms with Crippen molar-refractivity contribution in [1.82, 2.24) is 14.9 Å². The maximum atomic E-state index is 13.4. The van der Waals surface area contributed by atoms with Gasteiger partial charge in [0.15, 0.2) is 6.10 Å². The normalized spacial score (nSPS) is 39.4. The average Bonchev–Trinajstić information content (AvgIpc) is 3.38. The van der Waals surface area contributed by atoms with Crippen molar-refractivity contribution in [3.05, 3.63) is 10.6 Å². The van der Waals surface area contributed by atoms with Crippen LogP contribution in [-0.4, -0.2) is 124 Å². The summed E-state index contributed by atoms with van der Waals surface area (Å²) in [5.74, 6) is -4.49. The van der Waals surface area contributed by atoms with Crippen molar-refractivity contribution in [1.29, 1.82) is 0 Å². The maximum absolute atomic E-state index is 13.4. The highest BCUT2D eigenvalue weighted by Gasteiger charge is 2.61. The molecule has 0 spiro atoms. The van der Waals surface area contributed by atoms with E-state index in [9.17, 15) is 48.3 Å². The monoisotopic (exact) mass is 596 g/mol. The van der Waals surface area contributed by atoms with Gasteiger partial charge in [0.2, 0.25) is 12.2 Å². The third kappa shape index (κ3) is 5.81. The van der Waals surface area contributed by atoms with Gasteiger partial charge in [-0.2, -0.15) is 8.42 Å². The van der Waals surface area contributed by atoms with E-state index in [-0.39, 0.29) is 23.5 Å². The van der Waals surface area contributed by atoms with Crippen LogP contribution in [0.1, 0.15) is 20.3 Å². The first-order valence-corrected chi connectivity index (χ1v) is 14.6. The number of aliphatic carboxylic acids is 1. The maximum Gasteiger partial charge on any atom is 0.358 e. The van der Waals surface area contributed by atoms with Gasteiger partial charge in [0, 0.05) is 35.2 Å². The molecule has 3 fully saturated rings. The molecule has 0 radical (unpaired) electrons. The fraction of sp³-hybridized carbons (Fsp3) is 0.762. The standard InChI is InChI=1S/C21H32N4O12S2/c1-6-11-10(7(2)26)18(30)25(11)12(17(6)38-9-3-8(23-5-9)4-24-39(22,34)35)20(33)37-21-15(29)13(27)14(28)16(36-21)19(31)32/h6-11,13-16,21,23-24,26-29H,3-5H2,1-2H3,(H,31,32)(H2,22,34,35)/t6-,7-,8+,9+,10-,11-,13?,14?,15?,16?,21?/m1/s1. The summed E-state index contributed by atoms with van der Waals surface area (Å²) >= 11 is 1.27. The lowest BCUT2D eigenvalue weighted by molar-refractivity contribution is -0.285. The molecule has 0 saturated carbocycles. The van der Waals surface area contributed by atoms with E-state index in [1.807, 2.05) is 0 Å². The molecule has 1 amide bonds. The third-order valence-corrected chi connectivity index (χ3v) is 9.42. The number of amides is 1. The Kier molecular flexibility index (Phi) is 8.63. The summed E-state index contributed by atoms with van der Waals surface area (Å²) in [6.45, 7) is 3.72. The van der Waals surface area contributed by atoms with Gasteiger partial charge in [-0.05, 0) is 13.3 Å². The van der Waals surface area contributed by atoms with Gasteiger partial charge in [-0.1, -0.05) is 6.92 Å². The molecule has 0 aromatic heterocycles. The van der Waals surface area contributed by atoms with Crippen LogP contribution in [0.3, 0.4) is 0 Å². The highest BCUT2D eigenvalue weighted by Crippen LogP contribution is 2.52. The zero-order chi connectivity index (χ0) is 29.0. The zero-order valence-electron chi connectivity index (χ0n) is 20.9. The minimum Gasteiger partial charge on any atom is -0.479 e. The van der Waals surface area contributed by atoms with Crippen LogP contribution >= 0.6 is 11.8 Å². The van der Waals surface area contributed by atoms with Crippen LogP contribution in [0.15, 0.2) is 10.6 Å². The van der Waals surface area contributed by atoms with E-state index in [2.05, 4.69) is 10.0 Å². The number of carbonyl (C=O) groups excluding carboxylic acids is 2. The Balaban J connectivity index is 1.56. The lowest BCUT2D eigenvalue weighted by Crippen LogP contribution is -2.64. The molecular formula is C21H32N4O12S2. The van der Waals surface area contributed by atoms with Gasteiger partial charge < -0.3 is 45.2 Å². The third-order valence-electron chi connectivity index (χ3n) is 7.34. The van der Waals surface area contributed by atoms with E-state index in [1.54, 1.807) is 6.92 Å². The van der Waals surface area contributed by atoms with Gasteiger partial charge in [0.05, 0.1) is 18.1 Å². The number of thioether (sulfide) groups is 1. The Labute approximate surface area is 227 Å². The number of ether oxygens (including phenoxy) is 2. The number of nitrogens with two attached hydrogens (primary N) is 1. The minimum absolute atomic E-state index is 0.0482. The minimum atomic E-state index is -3.88. The summed E-state index contributed by atoms with van der Waals surface area (Å²) in [6.07, 6.45) is -10.4. The molecule has 4 heterocycles. The lowest BCUT2D eigenvalue weighted by Gasteiger charge is -2.46. The molecule has 4 aliphatic heterocycles. The summed E-state index contributed by atoms with van der Waals surface area (Å²) in [5.41, 5.74) is -0.159. The largest absolute Gasteiger partial charge is 0.479 e. The second kappa shape index (κ2) is 11.2. The Hall–Kier alpha value is -1.87. The number of fused-ring (bicyclic) bond motifs is 1. The molecule has 18 heteroatoms. The number of carboxylic acid groups (broad SMARTS) is 1. The average molecular weight is 597 g/mol. The molecular weight excluding hydrogens is 564 g/mol. The van der Waals surface area contributed by atoms with Crippen LogP contribution in [0, 0.1) is 11.8 Å². The van der Waals surface area contributed by atoms with E-state index < -0.39 is 82.7 Å². The van der Waals surface area contributed by atoms with Crippen LogP contribution in [-0.2, 0) is 34.1 Å². The number of β-lactam (4-membered cyclic amide) rings is 1. The highest BCUT2D eigenvalue weighted by atomic mass is 32.2. The summed E-state index contributed by atoms with van der Waals surface area (Å²) in [4.78, 5) is 39.4. The smallest absolute Gasteiger partial charge is 0.358 e. The number of rotatable bonds is 9. The van der Waals surface area contributed by atoms with Crippen molar-refractivity contribution in [3.8, 4) is 0 Å². The number of carbonyl (C=O) groups is 3. The first-order valence-electron chi connectivity index (χ1n) is 12.2. The number of nitrogens with zero attached hydrogens (tertiary/aromatic N) is 1. The molecule has 0 aliphatic carbocycles. The molecule has 16 nitrogen and oxygen atoms in total. The number of carboxylic acids is 1. The lowest BCUT2D eigenvalue weighted by atomic mass is 9.79. The van der Waals surface area contributed by atoms with E-state index >= 15 is 0 Å². The molecule has 4 aliphatic rings. The summed E-state index contributed by atoms with van der Waals surface area (Å²) in [5, 5.41) is 57.6. The predicted octanol–water partition coefficient (Wildman–Crippen LogP) is -4.25. The number of hydrogen-bond donors (Lipinski definition) is 8. The van der Waals surface area contributed by atoms with Crippen LogP contribution in [0.2, 0.25) is 0 Å². The van der Waals surface area contributed by atoms with Crippen LogP contribution in [0.5, 0.6) is 0 Å². The van der Waals surface area contributed by atoms with Crippen molar-refractivity contribution in [2.24, 2.45) is 17.0 Å². The molecule has 0 aromatic rings. The molecule has 4 rings (SSSR count). The van der Waals surface area contributed by atoms with Gasteiger partial charge in [0.1, 0.15) is 24.0 Å². The summed E-state index contributed by atoms with van der Waals surface area (Å²) < 4.78 is 34.9. The molecule has 39 heavy (non-hydrogen) atoms. The second-order valence-electron chi connectivity index (χ2n) is 10.1. The number of aliphatic hydroxyl groups excluding tert-OH is 4. The topological polar surface area (TPSA) is 258 Å². The van der Waals surface area contributed by atoms with Crippen molar-refractivity contribution in [3.63, 3.8) is 0 Å². The van der Waals surface area contributed by atoms with Crippen molar-refractivity contribution in [2.75, 3.05) is 13.1 Å². The van der Waals surface area contributed by atoms with Crippen LogP contribution in [0.4, 0.5) is 0 Å². The van der Waals surface area contributed by atoms with Crippen LogP contribution in [0.25, 0.3) is 0 Å². The van der Waals surface area contributed by atoms with E-state index in [1.165, 1.54) is 23.6 Å². The molecule has 11 atom stereocenters. The van der Waals surface area contributed by atoms with Crippen LogP contribution < -0.4 is 15.2 Å². The fourth-order valence-corrected chi connectivity index (χ4v) is 7.35. The number of hydrogen-bond acceptors (Lipinski definition) is 13. The predicted molar refractivity (Wildman–Crippen MR) is 131 cm³/mol. The fourth-order valence-electron chi connectivity index (χ4n) is 5.40. The highest BCUT2D eigenvalue weighted by molar-refractivity contribution is 8.03. The molecule has 3 saturated heterocycles. The molecule has 220 valence electrons. The van der Waals surface area contributed by atoms with Crippen molar-refractivity contribution in [2.45, 2.75) is 74.4 Å². The first-order chi connectivity index (χ1) is 18.1. The summed E-state index contributed by atoms with van der Waals surface area (Å²) in [7, 11) is -3.88. The summed E-state index contributed by atoms with van der Waals surface area (Å²) in [6, 6.07) is -0.808. The zero-order valence-corrected chi connectivity index (χ0v) is 22.5. The molecule has 0 bridgehead atoms. The Morgan fingerprint density at radius 1 is 1.28 bits per heavy atom. The number of aliphatic hydroxyl groups is 4. The van der Waals surface area contributed by atoms with Crippen molar-refractivity contribution >= 4 is 39.8 Å². The van der Waals surface area contributed by atoms with Gasteiger partial charge in [-0.15, -0.1) is 11.8 Å². The van der Waals surface area contributed by atoms with Gasteiger partial charge in [-0.3, -0.25) is 4.79 Å². The Morgan fingerprint density at radius 2 is 1.95 bits per heavy atom.